The van der Waals surface area contributed by atoms with Gasteiger partial charge in [0.1, 0.15) is 0 Å². The summed E-state index contributed by atoms with van der Waals surface area (Å²) in [6, 6.07) is 5.68. The zero-order valence-corrected chi connectivity index (χ0v) is 13.6. The molecule has 1 saturated heterocycles. The largest absolute Gasteiger partial charge is 0.342 e. The molecule has 1 aromatic rings. The number of nitrogens with one attached hydrogen (secondary N) is 1. The van der Waals surface area contributed by atoms with E-state index in [2.05, 4.69) is 5.32 Å². The van der Waals surface area contributed by atoms with Gasteiger partial charge in [0.15, 0.2) is 0 Å². The average Bonchev–Trinajstić information content (AvgIpc) is 3.12. The lowest BCUT2D eigenvalue weighted by atomic mass is 10.1. The van der Waals surface area contributed by atoms with Crippen molar-refractivity contribution in [3.05, 3.63) is 33.8 Å². The Bertz CT molecular complexity index is 549. The van der Waals surface area contributed by atoms with Crippen LogP contribution in [0, 0.1) is 11.8 Å². The van der Waals surface area contributed by atoms with Gasteiger partial charge in [0.2, 0.25) is 5.91 Å². The highest BCUT2D eigenvalue weighted by atomic mass is 35.5. The minimum atomic E-state index is 0.0919. The molecule has 114 valence electrons. The van der Waals surface area contributed by atoms with Gasteiger partial charge in [-0.1, -0.05) is 35.3 Å². The van der Waals surface area contributed by atoms with E-state index in [1.54, 1.807) is 6.07 Å². The standard InChI is InChI=1S/C16H20Cl2N2O/c1-19-8-10-5-6-20(9-10)16(21)13-7-12(13)11-3-2-4-14(17)15(11)18/h2-4,10,12-13,19H,5-9H2,1H3. The number of rotatable bonds is 4. The number of nitrogens with zero attached hydrogens (tertiary/aromatic N) is 1. The summed E-state index contributed by atoms with van der Waals surface area (Å²) in [5.74, 6) is 1.21. The molecule has 5 heteroatoms. The molecule has 3 rings (SSSR count). The average molecular weight is 327 g/mol. The summed E-state index contributed by atoms with van der Waals surface area (Å²) in [5, 5.41) is 4.37. The van der Waals surface area contributed by atoms with E-state index in [1.807, 2.05) is 24.1 Å². The summed E-state index contributed by atoms with van der Waals surface area (Å²) in [4.78, 5) is 14.6. The minimum absolute atomic E-state index is 0.0919. The Morgan fingerprint density at radius 3 is 3.00 bits per heavy atom. The van der Waals surface area contributed by atoms with E-state index < -0.39 is 0 Å². The number of hydrogen-bond acceptors (Lipinski definition) is 2. The molecule has 0 aromatic heterocycles. The fourth-order valence-electron chi connectivity index (χ4n) is 3.34. The molecular formula is C16H20Cl2N2O. The van der Waals surface area contributed by atoms with Crippen LogP contribution in [0.25, 0.3) is 0 Å². The highest BCUT2D eigenvalue weighted by Crippen LogP contribution is 2.51. The van der Waals surface area contributed by atoms with Crippen LogP contribution in [0.1, 0.15) is 24.3 Å². The molecule has 1 aliphatic heterocycles. The van der Waals surface area contributed by atoms with Crippen molar-refractivity contribution >= 4 is 29.1 Å². The molecule has 0 bridgehead atoms. The highest BCUT2D eigenvalue weighted by Gasteiger charge is 2.47. The summed E-state index contributed by atoms with van der Waals surface area (Å²) in [6.45, 7) is 2.75. The second-order valence-corrected chi connectivity index (χ2v) is 6.87. The number of carbonyl (C=O) groups is 1. The molecule has 21 heavy (non-hydrogen) atoms. The molecule has 1 saturated carbocycles. The Balaban J connectivity index is 1.63. The quantitative estimate of drug-likeness (QED) is 0.921. The second-order valence-electron chi connectivity index (χ2n) is 6.09. The van der Waals surface area contributed by atoms with Gasteiger partial charge >= 0.3 is 0 Å². The Hall–Kier alpha value is -0.770. The van der Waals surface area contributed by atoms with E-state index in [9.17, 15) is 4.79 Å². The van der Waals surface area contributed by atoms with Crippen molar-refractivity contribution in [2.75, 3.05) is 26.7 Å². The molecule has 2 aliphatic rings. The van der Waals surface area contributed by atoms with E-state index in [0.29, 0.717) is 16.0 Å². The van der Waals surface area contributed by atoms with E-state index >= 15 is 0 Å². The van der Waals surface area contributed by atoms with Crippen molar-refractivity contribution in [2.45, 2.75) is 18.8 Å². The van der Waals surface area contributed by atoms with Gasteiger partial charge in [-0.15, -0.1) is 0 Å². The molecule has 1 aromatic carbocycles. The van der Waals surface area contributed by atoms with Crippen molar-refractivity contribution in [1.29, 1.82) is 0 Å². The summed E-state index contributed by atoms with van der Waals surface area (Å²) in [5.41, 5.74) is 1.02. The van der Waals surface area contributed by atoms with Gasteiger partial charge in [0, 0.05) is 19.0 Å². The van der Waals surface area contributed by atoms with Gasteiger partial charge < -0.3 is 10.2 Å². The van der Waals surface area contributed by atoms with E-state index in [0.717, 1.165) is 38.0 Å². The lowest BCUT2D eigenvalue weighted by molar-refractivity contribution is -0.131. The van der Waals surface area contributed by atoms with Crippen molar-refractivity contribution in [3.63, 3.8) is 0 Å². The predicted molar refractivity (Wildman–Crippen MR) is 85.9 cm³/mol. The number of halogens is 2. The molecule has 1 aliphatic carbocycles. The Morgan fingerprint density at radius 1 is 1.43 bits per heavy atom. The molecule has 1 heterocycles. The summed E-state index contributed by atoms with van der Waals surface area (Å²) in [6.07, 6.45) is 1.99. The van der Waals surface area contributed by atoms with Gasteiger partial charge in [0.25, 0.3) is 0 Å². The van der Waals surface area contributed by atoms with Crippen LogP contribution in [0.3, 0.4) is 0 Å². The number of carbonyl (C=O) groups excluding carboxylic acids is 1. The molecule has 3 unspecified atom stereocenters. The molecule has 2 fully saturated rings. The summed E-state index contributed by atoms with van der Waals surface area (Å²) in [7, 11) is 1.96. The molecule has 1 N–H and O–H groups in total. The van der Waals surface area contributed by atoms with Crippen LogP contribution in [-0.2, 0) is 4.79 Å². The normalized spacial score (nSPS) is 28.0. The Labute approximate surface area is 135 Å². The number of likely N-dealkylation sites (tertiary alicyclic amines) is 1. The van der Waals surface area contributed by atoms with Crippen LogP contribution < -0.4 is 5.32 Å². The van der Waals surface area contributed by atoms with Gasteiger partial charge in [-0.05, 0) is 49.9 Å². The molecule has 3 nitrogen and oxygen atoms in total. The Morgan fingerprint density at radius 2 is 2.24 bits per heavy atom. The first kappa shape index (κ1) is 15.1. The highest BCUT2D eigenvalue weighted by molar-refractivity contribution is 6.42. The molecule has 1 amide bonds. The van der Waals surface area contributed by atoms with Gasteiger partial charge in [-0.3, -0.25) is 4.79 Å². The van der Waals surface area contributed by atoms with Crippen molar-refractivity contribution in [2.24, 2.45) is 11.8 Å². The van der Waals surface area contributed by atoms with E-state index in [-0.39, 0.29) is 17.7 Å². The third-order valence-electron chi connectivity index (χ3n) is 4.58. The zero-order chi connectivity index (χ0) is 15.0. The maximum Gasteiger partial charge on any atom is 0.226 e. The molecule has 0 radical (unpaired) electrons. The SMILES string of the molecule is CNCC1CCN(C(=O)C2CC2c2cccc(Cl)c2Cl)C1. The van der Waals surface area contributed by atoms with Crippen LogP contribution >= 0.6 is 23.2 Å². The predicted octanol–water partition coefficient (Wildman–Crippen LogP) is 3.16. The summed E-state index contributed by atoms with van der Waals surface area (Å²) >= 11 is 12.3. The van der Waals surface area contributed by atoms with E-state index in [4.69, 9.17) is 23.2 Å². The maximum atomic E-state index is 12.6. The van der Waals surface area contributed by atoms with Crippen LogP contribution in [-0.4, -0.2) is 37.5 Å². The van der Waals surface area contributed by atoms with Crippen molar-refractivity contribution in [1.82, 2.24) is 10.2 Å². The lowest BCUT2D eigenvalue weighted by Gasteiger charge is -2.17. The first-order valence-corrected chi connectivity index (χ1v) is 8.24. The lowest BCUT2D eigenvalue weighted by Crippen LogP contribution is -2.31. The van der Waals surface area contributed by atoms with Gasteiger partial charge in [-0.25, -0.2) is 0 Å². The number of benzene rings is 1. The first-order valence-electron chi connectivity index (χ1n) is 7.49. The van der Waals surface area contributed by atoms with Crippen molar-refractivity contribution < 1.29 is 4.79 Å². The van der Waals surface area contributed by atoms with Crippen LogP contribution in [0.4, 0.5) is 0 Å². The molecule has 3 atom stereocenters. The fourth-order valence-corrected chi connectivity index (χ4v) is 3.79. The molecule has 0 spiro atoms. The fraction of sp³-hybridized carbons (Fsp3) is 0.562. The molecular weight excluding hydrogens is 307 g/mol. The van der Waals surface area contributed by atoms with Crippen LogP contribution in [0.2, 0.25) is 10.0 Å². The van der Waals surface area contributed by atoms with Crippen LogP contribution in [0.15, 0.2) is 18.2 Å². The van der Waals surface area contributed by atoms with Crippen molar-refractivity contribution in [3.8, 4) is 0 Å². The first-order chi connectivity index (χ1) is 10.1. The van der Waals surface area contributed by atoms with Crippen LogP contribution in [0.5, 0.6) is 0 Å². The topological polar surface area (TPSA) is 32.3 Å². The van der Waals surface area contributed by atoms with Gasteiger partial charge in [0.05, 0.1) is 10.0 Å². The zero-order valence-electron chi connectivity index (χ0n) is 12.1. The minimum Gasteiger partial charge on any atom is -0.342 e. The monoisotopic (exact) mass is 326 g/mol. The third-order valence-corrected chi connectivity index (χ3v) is 5.41. The summed E-state index contributed by atoms with van der Waals surface area (Å²) < 4.78 is 0. The maximum absolute atomic E-state index is 12.6. The smallest absolute Gasteiger partial charge is 0.226 e. The second kappa shape index (κ2) is 6.15. The van der Waals surface area contributed by atoms with Gasteiger partial charge in [-0.2, -0.15) is 0 Å². The number of hydrogen-bond donors (Lipinski definition) is 1. The van der Waals surface area contributed by atoms with E-state index in [1.165, 1.54) is 0 Å². The Kier molecular flexibility index (Phi) is 4.43. The number of amides is 1. The third kappa shape index (κ3) is 3.05.